The summed E-state index contributed by atoms with van der Waals surface area (Å²) >= 11 is 2.68. The van der Waals surface area contributed by atoms with Crippen molar-refractivity contribution in [2.24, 2.45) is 0 Å². The van der Waals surface area contributed by atoms with Crippen molar-refractivity contribution < 1.29 is 0 Å². The summed E-state index contributed by atoms with van der Waals surface area (Å²) in [7, 11) is 0. The summed E-state index contributed by atoms with van der Waals surface area (Å²) in [5.74, 6) is 0. The molecule has 2 aromatic rings. The number of rotatable bonds is 3. The van der Waals surface area contributed by atoms with Gasteiger partial charge in [-0.2, -0.15) is 0 Å². The number of hydrogen-bond donors (Lipinski definition) is 0. The molecule has 0 spiro atoms. The van der Waals surface area contributed by atoms with Crippen LogP contribution in [0.1, 0.15) is 59.1 Å². The van der Waals surface area contributed by atoms with Crippen molar-refractivity contribution in [2.75, 3.05) is 0 Å². The number of aryl methyl sites for hydroxylation is 6. The van der Waals surface area contributed by atoms with Crippen LogP contribution in [0.2, 0.25) is 0 Å². The zero-order valence-electron chi connectivity index (χ0n) is 17.1. The summed E-state index contributed by atoms with van der Waals surface area (Å²) in [5, 5.41) is 0. The monoisotopic (exact) mass is 456 g/mol. The molecule has 0 saturated heterocycles. The molecule has 0 amide bonds. The van der Waals surface area contributed by atoms with E-state index in [0.717, 1.165) is 0 Å². The van der Waals surface area contributed by atoms with Gasteiger partial charge in [0.25, 0.3) is 0 Å². The van der Waals surface area contributed by atoms with Gasteiger partial charge in [-0.25, -0.2) is 0 Å². The Hall–Kier alpha value is -1.03. The standard InChI is InChI=1S/C24H30BI/c1-15-11-17(3)22(18(4)12-15)25(24(26)21-9-7-8-10-21)23-19(5)13-16(2)14-20(23)6/h11-14H,7-10H2,1-6H3. The summed E-state index contributed by atoms with van der Waals surface area (Å²) in [6, 6.07) is 9.43. The van der Waals surface area contributed by atoms with Crippen LogP contribution in [0.4, 0.5) is 0 Å². The molecule has 3 rings (SSSR count). The summed E-state index contributed by atoms with van der Waals surface area (Å²) < 4.78 is 1.57. The van der Waals surface area contributed by atoms with E-state index in [1.807, 2.05) is 0 Å². The second kappa shape index (κ2) is 7.92. The lowest BCUT2D eigenvalue weighted by Gasteiger charge is -2.25. The fraction of sp³-hybridized carbons (Fsp3) is 0.417. The number of benzene rings is 2. The van der Waals surface area contributed by atoms with Crippen LogP contribution in [-0.2, 0) is 0 Å². The topological polar surface area (TPSA) is 0 Å². The molecule has 0 unspecified atom stereocenters. The van der Waals surface area contributed by atoms with Crippen molar-refractivity contribution in [3.63, 3.8) is 0 Å². The summed E-state index contributed by atoms with van der Waals surface area (Å²) in [6.45, 7) is 14.0. The van der Waals surface area contributed by atoms with Crippen LogP contribution in [-0.4, -0.2) is 6.71 Å². The van der Waals surface area contributed by atoms with Crippen LogP contribution in [0.25, 0.3) is 0 Å². The van der Waals surface area contributed by atoms with Crippen LogP contribution in [0.15, 0.2) is 33.3 Å². The third kappa shape index (κ3) is 3.81. The maximum atomic E-state index is 2.68. The lowest BCUT2D eigenvalue weighted by atomic mass is 9.37. The Morgan fingerprint density at radius 2 is 1.04 bits per heavy atom. The Labute approximate surface area is 173 Å². The molecular weight excluding hydrogens is 426 g/mol. The number of allylic oxidation sites excluding steroid dienone is 1. The summed E-state index contributed by atoms with van der Waals surface area (Å²) in [5.41, 5.74) is 13.2. The minimum Gasteiger partial charge on any atom is -0.0690 e. The highest BCUT2D eigenvalue weighted by molar-refractivity contribution is 14.1. The molecule has 0 N–H and O–H groups in total. The lowest BCUT2D eigenvalue weighted by molar-refractivity contribution is 0.886. The molecule has 1 fully saturated rings. The van der Waals surface area contributed by atoms with Crippen molar-refractivity contribution in [2.45, 2.75) is 67.2 Å². The maximum absolute atomic E-state index is 2.68. The van der Waals surface area contributed by atoms with E-state index in [1.54, 1.807) is 9.05 Å². The van der Waals surface area contributed by atoms with Gasteiger partial charge in [0.1, 0.15) is 0 Å². The van der Waals surface area contributed by atoms with E-state index in [0.29, 0.717) is 6.71 Å². The van der Waals surface area contributed by atoms with Gasteiger partial charge in [0.15, 0.2) is 0 Å². The quantitative estimate of drug-likeness (QED) is 0.396. The molecule has 1 saturated carbocycles. The molecule has 1 aliphatic carbocycles. The summed E-state index contributed by atoms with van der Waals surface area (Å²) in [4.78, 5) is 0. The van der Waals surface area contributed by atoms with Gasteiger partial charge < -0.3 is 0 Å². The molecule has 2 heteroatoms. The molecule has 0 atom stereocenters. The zero-order valence-corrected chi connectivity index (χ0v) is 19.3. The molecule has 0 radical (unpaired) electrons. The van der Waals surface area contributed by atoms with E-state index < -0.39 is 0 Å². The largest absolute Gasteiger partial charge is 0.250 e. The third-order valence-corrected chi connectivity index (χ3v) is 7.24. The normalized spacial score (nSPS) is 14.0. The van der Waals surface area contributed by atoms with Gasteiger partial charge >= 0.3 is 0 Å². The molecule has 0 nitrogen and oxygen atoms in total. The predicted molar refractivity (Wildman–Crippen MR) is 126 cm³/mol. The maximum Gasteiger partial charge on any atom is 0.250 e. The second-order valence-electron chi connectivity index (χ2n) is 8.22. The van der Waals surface area contributed by atoms with Crippen LogP contribution < -0.4 is 10.9 Å². The Balaban J connectivity index is 2.31. The molecule has 136 valence electrons. The van der Waals surface area contributed by atoms with Crippen molar-refractivity contribution in [1.29, 1.82) is 0 Å². The fourth-order valence-electron chi connectivity index (χ4n) is 4.94. The van der Waals surface area contributed by atoms with E-state index in [1.165, 1.54) is 70.0 Å². The van der Waals surface area contributed by atoms with Crippen molar-refractivity contribution in [3.8, 4) is 0 Å². The van der Waals surface area contributed by atoms with E-state index in [-0.39, 0.29) is 0 Å². The van der Waals surface area contributed by atoms with Gasteiger partial charge in [0.2, 0.25) is 6.71 Å². The first-order chi connectivity index (χ1) is 12.3. The highest BCUT2D eigenvalue weighted by Gasteiger charge is 2.31. The van der Waals surface area contributed by atoms with Crippen LogP contribution >= 0.6 is 22.6 Å². The minimum atomic E-state index is 0.380. The first kappa shape index (κ1) is 19.7. The highest BCUT2D eigenvalue weighted by Crippen LogP contribution is 2.32. The lowest BCUT2D eigenvalue weighted by Crippen LogP contribution is -2.48. The Bertz CT molecular complexity index is 764. The van der Waals surface area contributed by atoms with Crippen LogP contribution in [0, 0.1) is 41.5 Å². The van der Waals surface area contributed by atoms with Crippen LogP contribution in [0.5, 0.6) is 0 Å². The highest BCUT2D eigenvalue weighted by atomic mass is 127. The smallest absolute Gasteiger partial charge is 0.0690 e. The van der Waals surface area contributed by atoms with Crippen molar-refractivity contribution >= 4 is 40.2 Å². The molecule has 0 bridgehead atoms. The molecule has 0 aromatic heterocycles. The molecule has 0 aliphatic heterocycles. The van der Waals surface area contributed by atoms with Gasteiger partial charge in [-0.1, -0.05) is 96.7 Å². The number of halogens is 1. The summed E-state index contributed by atoms with van der Waals surface area (Å²) in [6.07, 6.45) is 5.27. The van der Waals surface area contributed by atoms with Crippen LogP contribution in [0.3, 0.4) is 0 Å². The Morgan fingerprint density at radius 1 is 0.692 bits per heavy atom. The minimum absolute atomic E-state index is 0.380. The van der Waals surface area contributed by atoms with Gasteiger partial charge in [0, 0.05) is 0 Å². The van der Waals surface area contributed by atoms with Gasteiger partial charge in [-0.15, -0.1) is 0 Å². The molecule has 2 aromatic carbocycles. The van der Waals surface area contributed by atoms with Gasteiger partial charge in [-0.3, -0.25) is 0 Å². The second-order valence-corrected chi connectivity index (χ2v) is 9.38. The van der Waals surface area contributed by atoms with Crippen molar-refractivity contribution in [1.82, 2.24) is 0 Å². The Morgan fingerprint density at radius 3 is 1.38 bits per heavy atom. The fourth-order valence-corrected chi connectivity index (χ4v) is 6.10. The zero-order chi connectivity index (χ0) is 19.0. The van der Waals surface area contributed by atoms with Crippen molar-refractivity contribution in [3.05, 3.63) is 66.7 Å². The average Bonchev–Trinajstić information content (AvgIpc) is 3.05. The molecule has 0 heterocycles. The predicted octanol–water partition coefficient (Wildman–Crippen LogP) is 5.95. The molecule has 1 aliphatic rings. The SMILES string of the molecule is Cc1cc(C)c(B(C(I)=C2CCCC2)c2c(C)cc(C)cc2C)c(C)c1. The molecular formula is C24H30BI. The molecule has 26 heavy (non-hydrogen) atoms. The van der Waals surface area contributed by atoms with E-state index in [9.17, 15) is 0 Å². The first-order valence-corrected chi connectivity index (χ1v) is 10.9. The van der Waals surface area contributed by atoms with Gasteiger partial charge in [-0.05, 0) is 70.7 Å². The average molecular weight is 456 g/mol. The van der Waals surface area contributed by atoms with E-state index in [2.05, 4.69) is 88.4 Å². The van der Waals surface area contributed by atoms with E-state index in [4.69, 9.17) is 0 Å². The van der Waals surface area contributed by atoms with E-state index >= 15 is 0 Å². The third-order valence-electron chi connectivity index (χ3n) is 5.85. The number of hydrogen-bond acceptors (Lipinski definition) is 0. The Kier molecular flexibility index (Phi) is 6.01. The van der Waals surface area contributed by atoms with Gasteiger partial charge in [0.05, 0.1) is 0 Å². The first-order valence-electron chi connectivity index (χ1n) is 9.82.